The highest BCUT2D eigenvalue weighted by atomic mass is 32.2. The number of carboxylic acid groups (broad SMARTS) is 1. The SMILES string of the molecule is CC(=O)O.O=S(=O)(O)c1ccc2ccccc2c1. The lowest BCUT2D eigenvalue weighted by Gasteiger charge is -1.99. The molecule has 2 rings (SSSR count). The maximum Gasteiger partial charge on any atom is 0.300 e. The van der Waals surface area contributed by atoms with Gasteiger partial charge in [0.15, 0.2) is 0 Å². The van der Waals surface area contributed by atoms with E-state index in [1.807, 2.05) is 18.2 Å². The van der Waals surface area contributed by atoms with E-state index in [9.17, 15) is 8.42 Å². The summed E-state index contributed by atoms with van der Waals surface area (Å²) in [6.07, 6.45) is 0. The molecule has 0 aliphatic rings. The van der Waals surface area contributed by atoms with Gasteiger partial charge in [-0.25, -0.2) is 0 Å². The van der Waals surface area contributed by atoms with Crippen LogP contribution in [0.1, 0.15) is 6.92 Å². The molecule has 2 aromatic rings. The quantitative estimate of drug-likeness (QED) is 0.773. The first-order chi connectivity index (χ1) is 8.30. The van der Waals surface area contributed by atoms with Crippen molar-refractivity contribution in [2.75, 3.05) is 0 Å². The van der Waals surface area contributed by atoms with Gasteiger partial charge in [-0.3, -0.25) is 9.35 Å². The third kappa shape index (κ3) is 4.15. The molecular weight excluding hydrogens is 256 g/mol. The Morgan fingerprint density at radius 3 is 2.06 bits per heavy atom. The van der Waals surface area contributed by atoms with E-state index in [1.165, 1.54) is 12.1 Å². The molecule has 0 radical (unpaired) electrons. The van der Waals surface area contributed by atoms with E-state index in [4.69, 9.17) is 14.5 Å². The lowest BCUT2D eigenvalue weighted by atomic mass is 10.1. The van der Waals surface area contributed by atoms with E-state index in [0.29, 0.717) is 0 Å². The summed E-state index contributed by atoms with van der Waals surface area (Å²) in [4.78, 5) is 8.93. The van der Waals surface area contributed by atoms with Crippen LogP contribution in [0.15, 0.2) is 47.4 Å². The monoisotopic (exact) mass is 268 g/mol. The smallest absolute Gasteiger partial charge is 0.300 e. The summed E-state index contributed by atoms with van der Waals surface area (Å²) in [5, 5.41) is 9.16. The van der Waals surface area contributed by atoms with Gasteiger partial charge in [-0.15, -0.1) is 0 Å². The molecule has 0 saturated carbocycles. The van der Waals surface area contributed by atoms with Crippen molar-refractivity contribution in [2.24, 2.45) is 0 Å². The third-order valence-corrected chi connectivity index (χ3v) is 2.87. The zero-order valence-electron chi connectivity index (χ0n) is 9.57. The molecule has 2 aromatic carbocycles. The van der Waals surface area contributed by atoms with Crippen molar-refractivity contribution in [1.82, 2.24) is 0 Å². The van der Waals surface area contributed by atoms with Crippen LogP contribution in [0.4, 0.5) is 0 Å². The van der Waals surface area contributed by atoms with Crippen LogP contribution in [0, 0.1) is 0 Å². The maximum atomic E-state index is 10.8. The summed E-state index contributed by atoms with van der Waals surface area (Å²) >= 11 is 0. The summed E-state index contributed by atoms with van der Waals surface area (Å²) in [6.45, 7) is 1.08. The summed E-state index contributed by atoms with van der Waals surface area (Å²) in [5.41, 5.74) is 0. The zero-order chi connectivity index (χ0) is 13.8. The second kappa shape index (κ2) is 5.61. The average Bonchev–Trinajstić information content (AvgIpc) is 2.26. The van der Waals surface area contributed by atoms with Gasteiger partial charge in [0.1, 0.15) is 0 Å². The first-order valence-electron chi connectivity index (χ1n) is 4.96. The minimum atomic E-state index is -4.09. The van der Waals surface area contributed by atoms with Crippen molar-refractivity contribution >= 4 is 26.9 Å². The van der Waals surface area contributed by atoms with Crippen molar-refractivity contribution in [2.45, 2.75) is 11.8 Å². The van der Waals surface area contributed by atoms with Crippen LogP contribution in [-0.2, 0) is 14.9 Å². The molecule has 0 spiro atoms. The van der Waals surface area contributed by atoms with Gasteiger partial charge in [0.2, 0.25) is 0 Å². The highest BCUT2D eigenvalue weighted by molar-refractivity contribution is 7.85. The summed E-state index contributed by atoms with van der Waals surface area (Å²) in [7, 11) is -4.09. The molecule has 0 aliphatic heterocycles. The van der Waals surface area contributed by atoms with E-state index < -0.39 is 16.1 Å². The Bertz CT molecular complexity index is 657. The molecule has 0 aromatic heterocycles. The Kier molecular flexibility index (Phi) is 4.41. The number of benzene rings is 2. The topological polar surface area (TPSA) is 91.7 Å². The highest BCUT2D eigenvalue weighted by Crippen LogP contribution is 2.18. The largest absolute Gasteiger partial charge is 0.481 e. The number of aliphatic carboxylic acids is 1. The van der Waals surface area contributed by atoms with Crippen molar-refractivity contribution in [1.29, 1.82) is 0 Å². The molecule has 0 unspecified atom stereocenters. The zero-order valence-corrected chi connectivity index (χ0v) is 10.4. The summed E-state index contributed by atoms with van der Waals surface area (Å²) in [5.74, 6) is -0.833. The van der Waals surface area contributed by atoms with E-state index >= 15 is 0 Å². The van der Waals surface area contributed by atoms with Crippen LogP contribution >= 0.6 is 0 Å². The van der Waals surface area contributed by atoms with Gasteiger partial charge in [-0.05, 0) is 22.9 Å². The molecule has 6 heteroatoms. The van der Waals surface area contributed by atoms with E-state index in [1.54, 1.807) is 12.1 Å². The third-order valence-electron chi connectivity index (χ3n) is 2.02. The van der Waals surface area contributed by atoms with Gasteiger partial charge in [0.25, 0.3) is 16.1 Å². The lowest BCUT2D eigenvalue weighted by Crippen LogP contribution is -1.97. The molecule has 0 aliphatic carbocycles. The minimum Gasteiger partial charge on any atom is -0.481 e. The van der Waals surface area contributed by atoms with E-state index in [2.05, 4.69) is 0 Å². The van der Waals surface area contributed by atoms with E-state index in [-0.39, 0.29) is 4.90 Å². The van der Waals surface area contributed by atoms with Crippen molar-refractivity contribution < 1.29 is 22.9 Å². The Balaban J connectivity index is 0.000000357. The fraction of sp³-hybridized carbons (Fsp3) is 0.0833. The molecule has 0 amide bonds. The minimum absolute atomic E-state index is 0.0730. The van der Waals surface area contributed by atoms with Crippen LogP contribution in [0.25, 0.3) is 10.8 Å². The standard InChI is InChI=1S/C10H8O3S.C2H4O2/c11-14(12,13)10-6-5-8-3-1-2-4-9(8)7-10;1-2(3)4/h1-7H,(H,11,12,13);1H3,(H,3,4). The molecule has 0 atom stereocenters. The Morgan fingerprint density at radius 2 is 1.56 bits per heavy atom. The van der Waals surface area contributed by atoms with Gasteiger partial charge in [-0.1, -0.05) is 30.3 Å². The van der Waals surface area contributed by atoms with Crippen molar-refractivity contribution in [3.05, 3.63) is 42.5 Å². The van der Waals surface area contributed by atoms with Gasteiger partial charge in [-0.2, -0.15) is 8.42 Å². The first kappa shape index (κ1) is 14.1. The molecule has 0 bridgehead atoms. The predicted octanol–water partition coefficient (Wildman–Crippen LogP) is 2.18. The number of carbonyl (C=O) groups is 1. The number of hydrogen-bond donors (Lipinski definition) is 2. The number of hydrogen-bond acceptors (Lipinski definition) is 3. The Hall–Kier alpha value is -1.92. The van der Waals surface area contributed by atoms with Crippen LogP contribution in [0.5, 0.6) is 0 Å². The van der Waals surface area contributed by atoms with Gasteiger partial charge in [0.05, 0.1) is 4.90 Å². The lowest BCUT2D eigenvalue weighted by molar-refractivity contribution is -0.134. The fourth-order valence-electron chi connectivity index (χ4n) is 1.33. The summed E-state index contributed by atoms with van der Waals surface area (Å²) in [6, 6.07) is 11.9. The predicted molar refractivity (Wildman–Crippen MR) is 67.1 cm³/mol. The van der Waals surface area contributed by atoms with Gasteiger partial charge in [0, 0.05) is 6.92 Å². The molecule has 0 heterocycles. The average molecular weight is 268 g/mol. The summed E-state index contributed by atoms with van der Waals surface area (Å²) < 4.78 is 30.5. The fourth-order valence-corrected chi connectivity index (χ4v) is 1.84. The van der Waals surface area contributed by atoms with Crippen LogP contribution < -0.4 is 0 Å². The van der Waals surface area contributed by atoms with Crippen LogP contribution in [0.2, 0.25) is 0 Å². The number of carboxylic acids is 1. The Labute approximate surface area is 104 Å². The molecular formula is C12H12O5S. The number of rotatable bonds is 1. The van der Waals surface area contributed by atoms with E-state index in [0.717, 1.165) is 17.7 Å². The van der Waals surface area contributed by atoms with Crippen molar-refractivity contribution in [3.8, 4) is 0 Å². The van der Waals surface area contributed by atoms with Crippen molar-refractivity contribution in [3.63, 3.8) is 0 Å². The van der Waals surface area contributed by atoms with Gasteiger partial charge >= 0.3 is 0 Å². The highest BCUT2D eigenvalue weighted by Gasteiger charge is 2.08. The molecule has 2 N–H and O–H groups in total. The molecule has 0 saturated heterocycles. The van der Waals surface area contributed by atoms with Gasteiger partial charge < -0.3 is 5.11 Å². The number of fused-ring (bicyclic) bond motifs is 1. The molecule has 5 nitrogen and oxygen atoms in total. The molecule has 96 valence electrons. The van der Waals surface area contributed by atoms with Crippen LogP contribution in [0.3, 0.4) is 0 Å². The molecule has 18 heavy (non-hydrogen) atoms. The second-order valence-corrected chi connectivity index (χ2v) is 4.92. The second-order valence-electron chi connectivity index (χ2n) is 3.50. The molecule has 0 fully saturated rings. The first-order valence-corrected chi connectivity index (χ1v) is 6.40. The maximum absolute atomic E-state index is 10.8. The van der Waals surface area contributed by atoms with Crippen LogP contribution in [-0.4, -0.2) is 24.0 Å². The Morgan fingerprint density at radius 1 is 1.06 bits per heavy atom. The normalized spacial score (nSPS) is 10.6.